The fourth-order valence-corrected chi connectivity index (χ4v) is 5.68. The number of benzene rings is 2. The zero-order chi connectivity index (χ0) is 23.2. The number of aromatic nitrogens is 1. The molecule has 3 heterocycles. The van der Waals surface area contributed by atoms with Crippen LogP contribution < -0.4 is 5.32 Å². The van der Waals surface area contributed by atoms with E-state index in [9.17, 15) is 18.8 Å². The Morgan fingerprint density at radius 1 is 1.18 bits per heavy atom. The van der Waals surface area contributed by atoms with Crippen molar-refractivity contribution in [2.75, 3.05) is 13.1 Å². The number of amides is 4. The smallest absolute Gasteiger partial charge is 0.325 e. The third kappa shape index (κ3) is 3.76. The lowest BCUT2D eigenvalue weighted by Crippen LogP contribution is -2.46. The summed E-state index contributed by atoms with van der Waals surface area (Å²) in [6.45, 7) is 1.77. The van der Waals surface area contributed by atoms with Crippen molar-refractivity contribution >= 4 is 39.4 Å². The van der Waals surface area contributed by atoms with Crippen molar-refractivity contribution in [3.05, 3.63) is 64.9 Å². The fraction of sp³-hybridized carbons (Fsp3) is 0.333. The van der Waals surface area contributed by atoms with Gasteiger partial charge < -0.3 is 10.2 Å². The number of nitrogens with zero attached hydrogens (tertiary/aromatic N) is 3. The summed E-state index contributed by atoms with van der Waals surface area (Å²) >= 11 is 1.57. The van der Waals surface area contributed by atoms with Gasteiger partial charge in [0.2, 0.25) is 5.91 Å². The number of carbonyl (C=O) groups excluding carboxylic acids is 3. The summed E-state index contributed by atoms with van der Waals surface area (Å²) in [6.07, 6.45) is 2.63. The van der Waals surface area contributed by atoms with Gasteiger partial charge in [0.05, 0.1) is 16.3 Å². The number of thiazole rings is 1. The number of para-hydroxylation sites is 1. The van der Waals surface area contributed by atoms with Crippen LogP contribution in [-0.4, -0.2) is 45.7 Å². The number of nitrogens with one attached hydrogen (secondary N) is 1. The van der Waals surface area contributed by atoms with E-state index in [1.807, 2.05) is 24.3 Å². The maximum Gasteiger partial charge on any atom is 0.325 e. The summed E-state index contributed by atoms with van der Waals surface area (Å²) < 4.78 is 14.4. The van der Waals surface area contributed by atoms with Gasteiger partial charge in [-0.2, -0.15) is 0 Å². The number of imide groups is 1. The molecule has 2 atom stereocenters. The Morgan fingerprint density at radius 2 is 1.94 bits per heavy atom. The summed E-state index contributed by atoms with van der Waals surface area (Å²) in [5.41, 5.74) is 0.0153. The lowest BCUT2D eigenvalue weighted by Gasteiger charge is -2.35. The molecule has 2 unspecified atom stereocenters. The van der Waals surface area contributed by atoms with E-state index >= 15 is 0 Å². The minimum atomic E-state index is -1.35. The average Bonchev–Trinajstić information content (AvgIpc) is 3.34. The second-order valence-electron chi connectivity index (χ2n) is 8.57. The SMILES string of the molecule is CC1(c2ccc(F)cc2)NC(=O)N(CC(=O)N2CCCCC2c2nc3ccccc3s2)C1=O. The number of fused-ring (bicyclic) bond motifs is 1. The van der Waals surface area contributed by atoms with Gasteiger partial charge in [-0.1, -0.05) is 24.3 Å². The first-order chi connectivity index (χ1) is 15.9. The third-order valence-corrected chi connectivity index (χ3v) is 7.55. The topological polar surface area (TPSA) is 82.6 Å². The van der Waals surface area contributed by atoms with E-state index in [-0.39, 0.29) is 18.5 Å². The molecule has 5 rings (SSSR count). The molecule has 2 aromatic carbocycles. The molecule has 2 saturated heterocycles. The van der Waals surface area contributed by atoms with Crippen molar-refractivity contribution in [2.45, 2.75) is 37.8 Å². The molecule has 1 N–H and O–H groups in total. The molecule has 3 aromatic rings. The van der Waals surface area contributed by atoms with Crippen molar-refractivity contribution in [2.24, 2.45) is 0 Å². The Balaban J connectivity index is 1.37. The molecule has 4 amide bonds. The molecule has 7 nitrogen and oxygen atoms in total. The second-order valence-corrected chi connectivity index (χ2v) is 9.63. The van der Waals surface area contributed by atoms with Crippen LogP contribution in [0.15, 0.2) is 48.5 Å². The first-order valence-electron chi connectivity index (χ1n) is 10.9. The highest BCUT2D eigenvalue weighted by atomic mass is 32.1. The van der Waals surface area contributed by atoms with Crippen LogP contribution in [0.1, 0.15) is 42.8 Å². The molecular weight excluding hydrogens is 443 g/mol. The molecule has 2 fully saturated rings. The van der Waals surface area contributed by atoms with E-state index in [0.29, 0.717) is 12.1 Å². The van der Waals surface area contributed by atoms with Gasteiger partial charge in [0, 0.05) is 6.54 Å². The van der Waals surface area contributed by atoms with Crippen LogP contribution in [0.5, 0.6) is 0 Å². The highest BCUT2D eigenvalue weighted by molar-refractivity contribution is 7.18. The van der Waals surface area contributed by atoms with Crippen LogP contribution >= 0.6 is 11.3 Å². The number of piperidine rings is 1. The first-order valence-corrected chi connectivity index (χ1v) is 11.7. The standard InChI is InChI=1S/C24H23FN4O3S/c1-24(15-9-11-16(25)12-10-15)22(31)29(23(32)27-24)14-20(30)28-13-5-4-7-18(28)21-26-17-6-2-3-8-19(17)33-21/h2-3,6,8-12,18H,4-5,7,13-14H2,1H3,(H,27,32). The molecule has 0 bridgehead atoms. The summed E-state index contributed by atoms with van der Waals surface area (Å²) in [6, 6.07) is 12.5. The van der Waals surface area contributed by atoms with Gasteiger partial charge >= 0.3 is 6.03 Å². The minimum absolute atomic E-state index is 0.173. The van der Waals surface area contributed by atoms with Gasteiger partial charge in [-0.3, -0.25) is 14.5 Å². The Bertz CT molecular complexity index is 1210. The van der Waals surface area contributed by atoms with Gasteiger partial charge in [0.15, 0.2) is 0 Å². The number of halogens is 1. The summed E-state index contributed by atoms with van der Waals surface area (Å²) in [5, 5.41) is 3.54. The largest absolute Gasteiger partial charge is 0.332 e. The van der Waals surface area contributed by atoms with E-state index in [1.54, 1.807) is 23.2 Å². The van der Waals surface area contributed by atoms with Crippen LogP contribution in [0.2, 0.25) is 0 Å². The lowest BCUT2D eigenvalue weighted by molar-refractivity contribution is -0.141. The van der Waals surface area contributed by atoms with E-state index in [4.69, 9.17) is 4.98 Å². The Kier molecular flexibility index (Phi) is 5.36. The van der Waals surface area contributed by atoms with Crippen LogP contribution in [0.25, 0.3) is 10.2 Å². The van der Waals surface area contributed by atoms with Crippen molar-refractivity contribution in [3.8, 4) is 0 Å². The van der Waals surface area contributed by atoms with Gasteiger partial charge in [-0.15, -0.1) is 11.3 Å². The molecule has 0 aliphatic carbocycles. The first kappa shape index (κ1) is 21.5. The maximum atomic E-state index is 13.3. The lowest BCUT2D eigenvalue weighted by atomic mass is 9.92. The molecule has 2 aliphatic heterocycles. The van der Waals surface area contributed by atoms with Gasteiger partial charge in [0.1, 0.15) is 22.9 Å². The number of hydrogen-bond donors (Lipinski definition) is 1. The van der Waals surface area contributed by atoms with Gasteiger partial charge in [0.25, 0.3) is 5.91 Å². The molecule has 1 aromatic heterocycles. The van der Waals surface area contributed by atoms with Crippen molar-refractivity contribution in [3.63, 3.8) is 0 Å². The average molecular weight is 467 g/mol. The normalized spacial score (nSPS) is 23.3. The summed E-state index contributed by atoms with van der Waals surface area (Å²) in [5.74, 6) is -1.25. The highest BCUT2D eigenvalue weighted by Crippen LogP contribution is 2.36. The zero-order valence-corrected chi connectivity index (χ0v) is 18.9. The monoisotopic (exact) mass is 466 g/mol. The molecular formula is C24H23FN4O3S. The number of likely N-dealkylation sites (tertiary alicyclic amines) is 1. The van der Waals surface area contributed by atoms with E-state index in [2.05, 4.69) is 5.32 Å². The number of urea groups is 1. The Labute approximate surface area is 194 Å². The molecule has 0 spiro atoms. The molecule has 170 valence electrons. The third-order valence-electron chi connectivity index (χ3n) is 6.41. The van der Waals surface area contributed by atoms with Crippen molar-refractivity contribution in [1.82, 2.24) is 20.1 Å². The van der Waals surface area contributed by atoms with Crippen LogP contribution in [-0.2, 0) is 15.1 Å². The molecule has 0 saturated carbocycles. The van der Waals surface area contributed by atoms with Crippen LogP contribution in [0.4, 0.5) is 9.18 Å². The number of carbonyl (C=O) groups is 3. The quantitative estimate of drug-likeness (QED) is 0.590. The van der Waals surface area contributed by atoms with E-state index < -0.39 is 23.3 Å². The minimum Gasteiger partial charge on any atom is -0.332 e. The molecule has 33 heavy (non-hydrogen) atoms. The highest BCUT2D eigenvalue weighted by Gasteiger charge is 2.50. The van der Waals surface area contributed by atoms with Gasteiger partial charge in [-0.25, -0.2) is 14.2 Å². The molecule has 2 aliphatic rings. The predicted octanol–water partition coefficient (Wildman–Crippen LogP) is 3.96. The van der Waals surface area contributed by atoms with Crippen LogP contribution in [0.3, 0.4) is 0 Å². The van der Waals surface area contributed by atoms with Crippen LogP contribution in [0, 0.1) is 5.82 Å². The maximum absolute atomic E-state index is 13.3. The summed E-state index contributed by atoms with van der Waals surface area (Å²) in [7, 11) is 0. The second kappa shape index (κ2) is 8.22. The number of rotatable bonds is 4. The number of hydrogen-bond acceptors (Lipinski definition) is 5. The Morgan fingerprint density at radius 3 is 2.70 bits per heavy atom. The Hall–Kier alpha value is -3.33. The van der Waals surface area contributed by atoms with Crippen molar-refractivity contribution in [1.29, 1.82) is 0 Å². The van der Waals surface area contributed by atoms with Crippen molar-refractivity contribution < 1.29 is 18.8 Å². The fourth-order valence-electron chi connectivity index (χ4n) is 4.56. The van der Waals surface area contributed by atoms with E-state index in [0.717, 1.165) is 39.4 Å². The zero-order valence-electron chi connectivity index (χ0n) is 18.1. The molecule has 9 heteroatoms. The molecule has 0 radical (unpaired) electrons. The van der Waals surface area contributed by atoms with E-state index in [1.165, 1.54) is 24.3 Å². The van der Waals surface area contributed by atoms with Gasteiger partial charge in [-0.05, 0) is 56.0 Å². The predicted molar refractivity (Wildman–Crippen MR) is 122 cm³/mol. The summed E-state index contributed by atoms with van der Waals surface area (Å²) in [4.78, 5) is 46.6.